The summed E-state index contributed by atoms with van der Waals surface area (Å²) >= 11 is 8.92. The molecule has 0 atom stereocenters. The van der Waals surface area contributed by atoms with Crippen LogP contribution in [0.4, 0.5) is 5.69 Å². The van der Waals surface area contributed by atoms with Crippen molar-refractivity contribution in [1.82, 2.24) is 9.97 Å². The van der Waals surface area contributed by atoms with Crippen LogP contribution >= 0.6 is 34.3 Å². The first-order valence-electron chi connectivity index (χ1n) is 6.56. The second kappa shape index (κ2) is 5.72. The molecule has 0 bridgehead atoms. The highest BCUT2D eigenvalue weighted by Gasteiger charge is 2.09. The maximum absolute atomic E-state index is 5.83. The average molecular weight is 348 g/mol. The summed E-state index contributed by atoms with van der Waals surface area (Å²) in [6, 6.07) is 9.89. The van der Waals surface area contributed by atoms with Crippen LogP contribution in [0.3, 0.4) is 0 Å². The van der Waals surface area contributed by atoms with Crippen LogP contribution in [0.5, 0.6) is 0 Å². The Bertz CT molecular complexity index is 914. The number of thiazole rings is 1. The number of anilines is 1. The predicted octanol–water partition coefficient (Wildman–Crippen LogP) is 5.28. The van der Waals surface area contributed by atoms with Crippen LogP contribution in [0.15, 0.2) is 46.3 Å². The van der Waals surface area contributed by atoms with E-state index in [1.165, 1.54) is 11.3 Å². The highest BCUT2D eigenvalue weighted by Crippen LogP contribution is 2.29. The third kappa shape index (κ3) is 2.72. The molecule has 7 heteroatoms. The maximum Gasteiger partial charge on any atom is 0.237 e. The van der Waals surface area contributed by atoms with Crippen molar-refractivity contribution in [3.05, 3.63) is 51.3 Å². The van der Waals surface area contributed by atoms with Gasteiger partial charge >= 0.3 is 0 Å². The van der Waals surface area contributed by atoms with Crippen LogP contribution in [0.25, 0.3) is 21.9 Å². The third-order valence-electron chi connectivity index (χ3n) is 3.11. The van der Waals surface area contributed by atoms with E-state index in [0.717, 1.165) is 26.5 Å². The number of benzene rings is 1. The van der Waals surface area contributed by atoms with E-state index in [4.69, 9.17) is 16.0 Å². The summed E-state index contributed by atoms with van der Waals surface area (Å²) in [6.45, 7) is 0.686. The second-order valence-corrected chi connectivity index (χ2v) is 7.26. The zero-order valence-corrected chi connectivity index (χ0v) is 13.6. The Balaban J connectivity index is 1.57. The smallest absolute Gasteiger partial charge is 0.237 e. The number of oxazole rings is 1. The molecule has 1 N–H and O–H groups in total. The standard InChI is InChI=1S/C15H10ClN3OS2/c16-15-18-8-10(22-15)7-17-9-3-4-12-11(6-9)19-14(20-12)13-2-1-5-21-13/h1-6,8,17H,7H2. The Morgan fingerprint density at radius 3 is 3.00 bits per heavy atom. The van der Waals surface area contributed by atoms with Gasteiger partial charge < -0.3 is 9.73 Å². The van der Waals surface area contributed by atoms with E-state index in [9.17, 15) is 0 Å². The molecule has 22 heavy (non-hydrogen) atoms. The second-order valence-electron chi connectivity index (χ2n) is 4.61. The summed E-state index contributed by atoms with van der Waals surface area (Å²) in [5.74, 6) is 0.663. The van der Waals surface area contributed by atoms with Gasteiger partial charge in [0.1, 0.15) is 5.52 Å². The molecule has 4 rings (SSSR count). The van der Waals surface area contributed by atoms with Gasteiger partial charge in [-0.2, -0.15) is 0 Å². The van der Waals surface area contributed by atoms with Gasteiger partial charge in [0.2, 0.25) is 5.89 Å². The van der Waals surface area contributed by atoms with Crippen molar-refractivity contribution in [1.29, 1.82) is 0 Å². The van der Waals surface area contributed by atoms with Crippen LogP contribution in [-0.4, -0.2) is 9.97 Å². The van der Waals surface area contributed by atoms with Crippen LogP contribution in [0, 0.1) is 0 Å². The number of thiophene rings is 1. The summed E-state index contributed by atoms with van der Waals surface area (Å²) in [5, 5.41) is 5.35. The fourth-order valence-electron chi connectivity index (χ4n) is 2.10. The molecule has 0 amide bonds. The SMILES string of the molecule is Clc1ncc(CNc2ccc3oc(-c4cccs4)nc3c2)s1. The summed E-state index contributed by atoms with van der Waals surface area (Å²) in [6.07, 6.45) is 1.78. The molecular weight excluding hydrogens is 338 g/mol. The summed E-state index contributed by atoms with van der Waals surface area (Å²) in [5.41, 5.74) is 2.62. The molecule has 0 saturated carbocycles. The number of fused-ring (bicyclic) bond motifs is 1. The zero-order chi connectivity index (χ0) is 14.9. The first kappa shape index (κ1) is 13.8. The van der Waals surface area contributed by atoms with Crippen molar-refractivity contribution in [3.63, 3.8) is 0 Å². The van der Waals surface area contributed by atoms with E-state index in [1.54, 1.807) is 17.5 Å². The lowest BCUT2D eigenvalue weighted by Crippen LogP contribution is -1.96. The monoisotopic (exact) mass is 347 g/mol. The predicted molar refractivity (Wildman–Crippen MR) is 91.8 cm³/mol. The van der Waals surface area contributed by atoms with Gasteiger partial charge in [0.05, 0.1) is 11.4 Å². The molecule has 0 spiro atoms. The molecule has 110 valence electrons. The number of halogens is 1. The lowest BCUT2D eigenvalue weighted by molar-refractivity contribution is 0.621. The van der Waals surface area contributed by atoms with Crippen LogP contribution in [-0.2, 0) is 6.54 Å². The first-order valence-corrected chi connectivity index (χ1v) is 8.64. The molecule has 0 unspecified atom stereocenters. The molecular formula is C15H10ClN3OS2. The highest BCUT2D eigenvalue weighted by atomic mass is 35.5. The Morgan fingerprint density at radius 1 is 1.27 bits per heavy atom. The lowest BCUT2D eigenvalue weighted by Gasteiger charge is -2.03. The minimum atomic E-state index is 0.560. The summed E-state index contributed by atoms with van der Waals surface area (Å²) < 4.78 is 6.34. The normalized spacial score (nSPS) is 11.1. The Labute approximate surface area is 139 Å². The molecule has 0 fully saturated rings. The number of rotatable bonds is 4. The molecule has 0 radical (unpaired) electrons. The van der Waals surface area contributed by atoms with E-state index in [-0.39, 0.29) is 0 Å². The highest BCUT2D eigenvalue weighted by molar-refractivity contribution is 7.15. The first-order chi connectivity index (χ1) is 10.8. The van der Waals surface area contributed by atoms with Gasteiger partial charge in [-0.1, -0.05) is 17.7 Å². The molecule has 0 saturated heterocycles. The Morgan fingerprint density at radius 2 is 2.23 bits per heavy atom. The Kier molecular flexibility index (Phi) is 3.57. The Hall–Kier alpha value is -1.89. The minimum Gasteiger partial charge on any atom is -0.435 e. The van der Waals surface area contributed by atoms with Gasteiger partial charge in [-0.3, -0.25) is 0 Å². The topological polar surface area (TPSA) is 51.0 Å². The van der Waals surface area contributed by atoms with Crippen molar-refractivity contribution in [3.8, 4) is 10.8 Å². The molecule has 4 nitrogen and oxygen atoms in total. The van der Waals surface area contributed by atoms with Crippen molar-refractivity contribution in [2.24, 2.45) is 0 Å². The fourth-order valence-corrected chi connectivity index (χ4v) is 3.66. The van der Waals surface area contributed by atoms with E-state index >= 15 is 0 Å². The molecule has 1 aromatic carbocycles. The molecule has 0 aliphatic carbocycles. The van der Waals surface area contributed by atoms with Crippen molar-refractivity contribution < 1.29 is 4.42 Å². The molecule has 0 aliphatic heterocycles. The van der Waals surface area contributed by atoms with E-state index < -0.39 is 0 Å². The maximum atomic E-state index is 5.83. The van der Waals surface area contributed by atoms with Gasteiger partial charge in [-0.15, -0.1) is 22.7 Å². The number of hydrogen-bond acceptors (Lipinski definition) is 6. The lowest BCUT2D eigenvalue weighted by atomic mass is 10.3. The average Bonchev–Trinajstić information content (AvgIpc) is 3.24. The number of aromatic nitrogens is 2. The number of hydrogen-bond donors (Lipinski definition) is 1. The van der Waals surface area contributed by atoms with E-state index in [0.29, 0.717) is 16.9 Å². The van der Waals surface area contributed by atoms with Crippen LogP contribution < -0.4 is 5.32 Å². The van der Waals surface area contributed by atoms with Crippen molar-refractivity contribution in [2.45, 2.75) is 6.54 Å². The molecule has 0 aliphatic rings. The molecule has 3 heterocycles. The summed E-state index contributed by atoms with van der Waals surface area (Å²) in [4.78, 5) is 10.7. The van der Waals surface area contributed by atoms with Gasteiger partial charge in [0.15, 0.2) is 10.0 Å². The molecule has 3 aromatic heterocycles. The van der Waals surface area contributed by atoms with Gasteiger partial charge in [-0.05, 0) is 29.6 Å². The largest absolute Gasteiger partial charge is 0.435 e. The van der Waals surface area contributed by atoms with Crippen LogP contribution in [0.2, 0.25) is 4.47 Å². The van der Waals surface area contributed by atoms with E-state index in [1.807, 2.05) is 35.7 Å². The van der Waals surface area contributed by atoms with Crippen molar-refractivity contribution >= 4 is 51.1 Å². The fraction of sp³-hybridized carbons (Fsp3) is 0.0667. The van der Waals surface area contributed by atoms with Crippen LogP contribution in [0.1, 0.15) is 4.88 Å². The summed E-state index contributed by atoms with van der Waals surface area (Å²) in [7, 11) is 0. The van der Waals surface area contributed by atoms with E-state index in [2.05, 4.69) is 15.3 Å². The van der Waals surface area contributed by atoms with Gasteiger partial charge in [0, 0.05) is 16.8 Å². The van der Waals surface area contributed by atoms with Crippen molar-refractivity contribution in [2.75, 3.05) is 5.32 Å². The number of nitrogens with zero attached hydrogens (tertiary/aromatic N) is 2. The quantitative estimate of drug-likeness (QED) is 0.545. The third-order valence-corrected chi connectivity index (χ3v) is 5.08. The van der Waals surface area contributed by atoms with Gasteiger partial charge in [0.25, 0.3) is 0 Å². The van der Waals surface area contributed by atoms with Gasteiger partial charge in [-0.25, -0.2) is 9.97 Å². The minimum absolute atomic E-state index is 0.560. The zero-order valence-electron chi connectivity index (χ0n) is 11.2. The molecule has 4 aromatic rings. The number of nitrogens with one attached hydrogen (secondary N) is 1.